The van der Waals surface area contributed by atoms with Gasteiger partial charge in [-0.1, -0.05) is 86.0 Å². The van der Waals surface area contributed by atoms with E-state index in [4.69, 9.17) is 9.97 Å². The maximum absolute atomic E-state index is 12.4. The number of amides is 1. The first-order chi connectivity index (χ1) is 28.7. The molecular formula is C50H51N5O5. The van der Waals surface area contributed by atoms with Crippen LogP contribution in [0.4, 0.5) is 0 Å². The summed E-state index contributed by atoms with van der Waals surface area (Å²) in [5, 5.41) is 18.9. The predicted octanol–water partition coefficient (Wildman–Crippen LogP) is 10.4. The van der Waals surface area contributed by atoms with Crippen LogP contribution < -0.4 is 0 Å². The lowest BCUT2D eigenvalue weighted by atomic mass is 9.90. The first-order valence-electron chi connectivity index (χ1n) is 19.9. The molecule has 4 N–H and O–H groups in total. The molecule has 10 nitrogen and oxygen atoms in total. The Bertz CT molecular complexity index is 2700. The normalized spacial score (nSPS) is 12.2. The molecule has 5 aromatic rings. The average molecular weight is 802 g/mol. The molecule has 0 fully saturated rings. The van der Waals surface area contributed by atoms with E-state index in [1.807, 2.05) is 119 Å². The third-order valence-corrected chi connectivity index (χ3v) is 11.2. The van der Waals surface area contributed by atoms with Gasteiger partial charge < -0.3 is 25.1 Å². The summed E-state index contributed by atoms with van der Waals surface area (Å²) in [6, 6.07) is 27.7. The van der Waals surface area contributed by atoms with Gasteiger partial charge in [-0.15, -0.1) is 0 Å². The second-order valence-electron chi connectivity index (χ2n) is 15.2. The topological polar surface area (TPSA) is 152 Å². The maximum Gasteiger partial charge on any atom is 0.303 e. The van der Waals surface area contributed by atoms with Crippen LogP contribution in [0.25, 0.3) is 50.4 Å². The molecule has 8 bridgehead atoms. The number of hydrogen-bond donors (Lipinski definition) is 4. The molecular weight excluding hydrogens is 751 g/mol. The molecule has 0 atom stereocenters. The van der Waals surface area contributed by atoms with Gasteiger partial charge in [0.15, 0.2) is 0 Å². The minimum absolute atomic E-state index is 0.0259. The Kier molecular flexibility index (Phi) is 12.9. The van der Waals surface area contributed by atoms with Crippen LogP contribution in [-0.2, 0) is 20.8 Å². The van der Waals surface area contributed by atoms with Crippen molar-refractivity contribution < 1.29 is 24.6 Å². The maximum atomic E-state index is 12.4. The Morgan fingerprint density at radius 2 is 1.15 bits per heavy atom. The molecule has 3 aromatic heterocycles. The van der Waals surface area contributed by atoms with Crippen LogP contribution in [0.1, 0.15) is 95.2 Å². The van der Waals surface area contributed by atoms with Crippen molar-refractivity contribution in [1.29, 1.82) is 0 Å². The van der Waals surface area contributed by atoms with Gasteiger partial charge in [-0.2, -0.15) is 0 Å². The lowest BCUT2D eigenvalue weighted by Crippen LogP contribution is -2.28. The summed E-state index contributed by atoms with van der Waals surface area (Å²) >= 11 is 0. The van der Waals surface area contributed by atoms with Crippen LogP contribution in [0.2, 0.25) is 0 Å². The Labute approximate surface area is 350 Å². The van der Waals surface area contributed by atoms with Crippen molar-refractivity contribution in [2.75, 3.05) is 14.1 Å². The third kappa shape index (κ3) is 8.98. The highest BCUT2D eigenvalue weighted by molar-refractivity contribution is 5.98. The van der Waals surface area contributed by atoms with Crippen molar-refractivity contribution in [3.63, 3.8) is 0 Å². The van der Waals surface area contributed by atoms with E-state index in [1.165, 1.54) is 0 Å². The van der Waals surface area contributed by atoms with E-state index in [-0.39, 0.29) is 24.7 Å². The fourth-order valence-corrected chi connectivity index (χ4v) is 7.80. The number of aliphatic carboxylic acids is 2. The number of carbonyl (C=O) groups is 3. The molecule has 0 saturated heterocycles. The fourth-order valence-electron chi connectivity index (χ4n) is 7.80. The molecule has 10 heteroatoms. The molecule has 5 heterocycles. The molecule has 7 rings (SSSR count). The molecule has 0 aliphatic carbocycles. The van der Waals surface area contributed by atoms with Crippen molar-refractivity contribution >= 4 is 68.3 Å². The second-order valence-corrected chi connectivity index (χ2v) is 15.2. The van der Waals surface area contributed by atoms with E-state index in [2.05, 4.69) is 23.1 Å². The summed E-state index contributed by atoms with van der Waals surface area (Å²) < 4.78 is 0. The summed E-state index contributed by atoms with van der Waals surface area (Å²) in [6.07, 6.45) is 4.22. The van der Waals surface area contributed by atoms with Crippen LogP contribution in [0.15, 0.2) is 104 Å². The summed E-state index contributed by atoms with van der Waals surface area (Å²) in [6.45, 7) is 16.0. The van der Waals surface area contributed by atoms with Crippen molar-refractivity contribution in [1.82, 2.24) is 24.8 Å². The number of aromatic amines is 2. The number of H-pyrrole nitrogens is 2. The zero-order valence-electron chi connectivity index (χ0n) is 35.0. The number of fused-ring (bicyclic) bond motifs is 8. The number of nitrogens with one attached hydrogen (secondary N) is 2. The van der Waals surface area contributed by atoms with E-state index in [1.54, 1.807) is 25.1 Å². The first-order valence-corrected chi connectivity index (χ1v) is 19.9. The van der Waals surface area contributed by atoms with Gasteiger partial charge >= 0.3 is 11.9 Å². The Morgan fingerprint density at radius 3 is 1.72 bits per heavy atom. The number of carboxylic acids is 2. The molecule has 60 heavy (non-hydrogen) atoms. The minimum atomic E-state index is -0.883. The summed E-state index contributed by atoms with van der Waals surface area (Å²) in [7, 11) is 3.59. The number of carboxylic acid groups (broad SMARTS) is 2. The zero-order chi connectivity index (χ0) is 43.2. The largest absolute Gasteiger partial charge is 0.481 e. The fraction of sp³-hybridized carbons (Fsp3) is 0.220. The number of allylic oxidation sites excluding steroid dienone is 5. The monoisotopic (exact) mass is 801 g/mol. The van der Waals surface area contributed by atoms with Gasteiger partial charge in [0, 0.05) is 60.1 Å². The van der Waals surface area contributed by atoms with Gasteiger partial charge in [0.05, 0.1) is 28.7 Å². The smallest absolute Gasteiger partial charge is 0.303 e. The van der Waals surface area contributed by atoms with E-state index in [0.29, 0.717) is 18.5 Å². The number of nitrogens with zero attached hydrogens (tertiary/aromatic N) is 3. The van der Waals surface area contributed by atoms with Gasteiger partial charge in [-0.25, -0.2) is 9.97 Å². The molecule has 2 aliphatic heterocycles. The van der Waals surface area contributed by atoms with Crippen LogP contribution in [-0.4, -0.2) is 67.0 Å². The summed E-state index contributed by atoms with van der Waals surface area (Å²) in [5.74, 6) is -1.88. The third-order valence-electron chi connectivity index (χ3n) is 11.2. The number of aryl methyl sites for hydroxylation is 3. The zero-order valence-corrected chi connectivity index (χ0v) is 35.0. The van der Waals surface area contributed by atoms with Crippen LogP contribution in [0.3, 0.4) is 0 Å². The van der Waals surface area contributed by atoms with Gasteiger partial charge in [0.1, 0.15) is 0 Å². The van der Waals surface area contributed by atoms with Crippen molar-refractivity contribution in [2.24, 2.45) is 0 Å². The van der Waals surface area contributed by atoms with Crippen molar-refractivity contribution in [3.05, 3.63) is 160 Å². The number of rotatable bonds is 11. The highest BCUT2D eigenvalue weighted by Gasteiger charge is 2.24. The highest BCUT2D eigenvalue weighted by atomic mass is 16.4. The van der Waals surface area contributed by atoms with Crippen molar-refractivity contribution in [3.8, 4) is 0 Å². The lowest BCUT2D eigenvalue weighted by Gasteiger charge is -2.21. The number of likely N-dealkylation sites (N-methyl/N-ethyl adjacent to an activating group) is 1. The van der Waals surface area contributed by atoms with Gasteiger partial charge in [-0.3, -0.25) is 14.4 Å². The molecule has 306 valence electrons. The van der Waals surface area contributed by atoms with Crippen LogP contribution in [0.5, 0.6) is 0 Å². The van der Waals surface area contributed by atoms with E-state index in [0.717, 1.165) is 94.8 Å². The number of carbonyl (C=O) groups excluding carboxylic acids is 1. The van der Waals surface area contributed by atoms with Gasteiger partial charge in [0.2, 0.25) is 5.91 Å². The molecule has 1 amide bonds. The Morgan fingerprint density at radius 1 is 0.650 bits per heavy atom. The first kappa shape index (κ1) is 42.5. The number of hydrogen-bond acceptors (Lipinski definition) is 5. The van der Waals surface area contributed by atoms with Gasteiger partial charge in [-0.05, 0) is 109 Å². The predicted molar refractivity (Wildman–Crippen MR) is 242 cm³/mol. The molecule has 0 radical (unpaired) electrons. The Balaban J connectivity index is 0.000000279. The molecule has 0 spiro atoms. The summed E-state index contributed by atoms with van der Waals surface area (Å²) in [5.41, 5.74) is 15.8. The van der Waals surface area contributed by atoms with Crippen LogP contribution >= 0.6 is 0 Å². The SMILES string of the molecule is C=CC1=C(C)c2cc3[nH]c(cc4nc(cc5[nH]c(cc1n2)c(C)c5CCC(=O)O)C(CCC(=O)O)=C4C)c(C)c3C=C.CN(C)C(=O)C(c1ccccc1)c1ccccc1. The lowest BCUT2D eigenvalue weighted by molar-refractivity contribution is -0.137. The molecule has 0 unspecified atom stereocenters. The van der Waals surface area contributed by atoms with E-state index >= 15 is 0 Å². The molecule has 2 aliphatic rings. The summed E-state index contributed by atoms with van der Waals surface area (Å²) in [4.78, 5) is 54.0. The minimum Gasteiger partial charge on any atom is -0.481 e. The highest BCUT2D eigenvalue weighted by Crippen LogP contribution is 2.36. The van der Waals surface area contributed by atoms with Crippen molar-refractivity contribution in [2.45, 2.75) is 59.3 Å². The number of aromatic nitrogens is 4. The van der Waals surface area contributed by atoms with Gasteiger partial charge in [0.25, 0.3) is 0 Å². The Hall–Kier alpha value is -7.07. The number of benzene rings is 2. The standard InChI is InChI=1S/C34H34N4O4.C16H17NO/c1-7-21-17(3)25-13-26-19(5)23(9-11-33(39)40)31(37-26)16-32-24(10-12-34(41)42)20(6)28(38-32)15-30-22(8-2)18(4)27(36-30)14-29(21)35-25;1-17(2)16(18)15(13-9-5-3-6-10-13)14-11-7-4-8-12-14/h7-8,13-16,35,38H,1-2,9-12H2,3-6H3,(H,39,40)(H,41,42);3-12,15H,1-2H3. The average Bonchev–Trinajstić information content (AvgIpc) is 3.89. The second kappa shape index (κ2) is 18.2. The quantitative estimate of drug-likeness (QED) is 0.104. The van der Waals surface area contributed by atoms with Crippen LogP contribution in [0, 0.1) is 13.8 Å². The molecule has 0 saturated carbocycles. The van der Waals surface area contributed by atoms with E-state index in [9.17, 15) is 24.6 Å². The van der Waals surface area contributed by atoms with E-state index < -0.39 is 11.9 Å². The molecule has 2 aromatic carbocycles.